The number of likely N-dealkylation sites (tertiary alicyclic amines) is 1. The number of carbonyl (C=O) groups excluding carboxylic acids is 1. The molecule has 2 amide bonds. The van der Waals surface area contributed by atoms with E-state index in [1.807, 2.05) is 6.07 Å². The standard InChI is InChI=1S/C18H29N3O2/c1-14-12-17(20-18(23)19-10-8-15(2)22)9-11-21(14)13-16-6-4-3-5-7-16/h3-7,14-15,17,22H,8-13H2,1-2H3,(H2,19,20,23). The average molecular weight is 319 g/mol. The zero-order chi connectivity index (χ0) is 16.7. The molecule has 0 aliphatic carbocycles. The lowest BCUT2D eigenvalue weighted by molar-refractivity contribution is 0.130. The van der Waals surface area contributed by atoms with Crippen LogP contribution in [0.1, 0.15) is 38.7 Å². The van der Waals surface area contributed by atoms with Crippen LogP contribution in [0.2, 0.25) is 0 Å². The third kappa shape index (κ3) is 6.20. The SMILES string of the molecule is CC(O)CCNC(=O)NC1CCN(Cc2ccccc2)C(C)C1. The van der Waals surface area contributed by atoms with Gasteiger partial charge in [0.1, 0.15) is 0 Å². The van der Waals surface area contributed by atoms with Gasteiger partial charge in [-0.05, 0) is 38.7 Å². The molecule has 0 spiro atoms. The molecular formula is C18H29N3O2. The summed E-state index contributed by atoms with van der Waals surface area (Å²) in [6.45, 7) is 6.42. The summed E-state index contributed by atoms with van der Waals surface area (Å²) in [4.78, 5) is 14.3. The Morgan fingerprint density at radius 2 is 2.13 bits per heavy atom. The van der Waals surface area contributed by atoms with Crippen molar-refractivity contribution in [1.29, 1.82) is 0 Å². The first-order valence-corrected chi connectivity index (χ1v) is 8.55. The minimum Gasteiger partial charge on any atom is -0.393 e. The molecule has 5 heteroatoms. The van der Waals surface area contributed by atoms with Gasteiger partial charge in [0, 0.05) is 31.7 Å². The Balaban J connectivity index is 1.72. The number of nitrogens with zero attached hydrogens (tertiary/aromatic N) is 1. The summed E-state index contributed by atoms with van der Waals surface area (Å²) < 4.78 is 0. The summed E-state index contributed by atoms with van der Waals surface area (Å²) in [5.41, 5.74) is 1.33. The van der Waals surface area contributed by atoms with Gasteiger partial charge in [-0.1, -0.05) is 30.3 Å². The van der Waals surface area contributed by atoms with Crippen LogP contribution in [0.25, 0.3) is 0 Å². The Bertz CT molecular complexity index is 478. The Kier molecular flexibility index (Phi) is 6.86. The Hall–Kier alpha value is -1.59. The number of aliphatic hydroxyl groups excluding tert-OH is 1. The quantitative estimate of drug-likeness (QED) is 0.752. The van der Waals surface area contributed by atoms with E-state index in [-0.39, 0.29) is 18.2 Å². The van der Waals surface area contributed by atoms with Crippen LogP contribution in [0.15, 0.2) is 30.3 Å². The lowest BCUT2D eigenvalue weighted by atomic mass is 9.97. The highest BCUT2D eigenvalue weighted by molar-refractivity contribution is 5.74. The van der Waals surface area contributed by atoms with Crippen LogP contribution >= 0.6 is 0 Å². The second kappa shape index (κ2) is 8.89. The molecular weight excluding hydrogens is 290 g/mol. The molecule has 2 rings (SSSR count). The lowest BCUT2D eigenvalue weighted by Crippen LogP contribution is -2.50. The summed E-state index contributed by atoms with van der Waals surface area (Å²) in [5, 5.41) is 15.0. The van der Waals surface area contributed by atoms with Crippen molar-refractivity contribution in [3.63, 3.8) is 0 Å². The number of urea groups is 1. The number of aliphatic hydroxyl groups is 1. The van der Waals surface area contributed by atoms with Gasteiger partial charge in [-0.3, -0.25) is 4.90 Å². The second-order valence-corrected chi connectivity index (χ2v) is 6.56. The van der Waals surface area contributed by atoms with Crippen molar-refractivity contribution in [3.05, 3.63) is 35.9 Å². The molecule has 1 aliphatic heterocycles. The van der Waals surface area contributed by atoms with Crippen LogP contribution in [0, 0.1) is 0 Å². The van der Waals surface area contributed by atoms with Gasteiger partial charge in [-0.2, -0.15) is 0 Å². The van der Waals surface area contributed by atoms with Gasteiger partial charge in [0.2, 0.25) is 0 Å². The van der Waals surface area contributed by atoms with E-state index in [2.05, 4.69) is 46.7 Å². The Morgan fingerprint density at radius 3 is 2.78 bits per heavy atom. The van der Waals surface area contributed by atoms with Crippen molar-refractivity contribution in [2.24, 2.45) is 0 Å². The maximum absolute atomic E-state index is 11.9. The highest BCUT2D eigenvalue weighted by Crippen LogP contribution is 2.19. The summed E-state index contributed by atoms with van der Waals surface area (Å²) in [5.74, 6) is 0. The summed E-state index contributed by atoms with van der Waals surface area (Å²) in [6, 6.07) is 11.1. The Morgan fingerprint density at radius 1 is 1.39 bits per heavy atom. The molecule has 3 atom stereocenters. The fourth-order valence-corrected chi connectivity index (χ4v) is 3.04. The van der Waals surface area contributed by atoms with Gasteiger partial charge < -0.3 is 15.7 Å². The molecule has 5 nitrogen and oxygen atoms in total. The van der Waals surface area contributed by atoms with Crippen LogP contribution in [0.3, 0.4) is 0 Å². The molecule has 1 fully saturated rings. The largest absolute Gasteiger partial charge is 0.393 e. The monoisotopic (exact) mass is 319 g/mol. The first-order valence-electron chi connectivity index (χ1n) is 8.55. The second-order valence-electron chi connectivity index (χ2n) is 6.56. The fourth-order valence-electron chi connectivity index (χ4n) is 3.04. The van der Waals surface area contributed by atoms with E-state index in [0.29, 0.717) is 19.0 Å². The molecule has 1 heterocycles. The van der Waals surface area contributed by atoms with Crippen LogP contribution in [-0.2, 0) is 6.54 Å². The molecule has 3 N–H and O–H groups in total. The number of hydrogen-bond acceptors (Lipinski definition) is 3. The Labute approximate surface area is 139 Å². The van der Waals surface area contributed by atoms with E-state index in [0.717, 1.165) is 25.9 Å². The lowest BCUT2D eigenvalue weighted by Gasteiger charge is -2.38. The van der Waals surface area contributed by atoms with Gasteiger partial charge in [0.05, 0.1) is 6.10 Å². The van der Waals surface area contributed by atoms with Crippen molar-refractivity contribution in [2.75, 3.05) is 13.1 Å². The maximum Gasteiger partial charge on any atom is 0.315 e. The number of rotatable bonds is 6. The maximum atomic E-state index is 11.9. The molecule has 128 valence electrons. The third-order valence-corrected chi connectivity index (χ3v) is 4.43. The van der Waals surface area contributed by atoms with Gasteiger partial charge >= 0.3 is 6.03 Å². The highest BCUT2D eigenvalue weighted by Gasteiger charge is 2.26. The topological polar surface area (TPSA) is 64.6 Å². The molecule has 1 aliphatic rings. The van der Waals surface area contributed by atoms with E-state index < -0.39 is 0 Å². The molecule has 0 aromatic heterocycles. The van der Waals surface area contributed by atoms with Crippen molar-refractivity contribution < 1.29 is 9.90 Å². The van der Waals surface area contributed by atoms with Crippen molar-refractivity contribution in [2.45, 2.75) is 57.8 Å². The molecule has 1 aromatic rings. The van der Waals surface area contributed by atoms with Crippen molar-refractivity contribution >= 4 is 6.03 Å². The number of benzene rings is 1. The van der Waals surface area contributed by atoms with E-state index in [9.17, 15) is 9.90 Å². The first-order chi connectivity index (χ1) is 11.0. The predicted molar refractivity (Wildman–Crippen MR) is 92.2 cm³/mol. The fraction of sp³-hybridized carbons (Fsp3) is 0.611. The predicted octanol–water partition coefficient (Wildman–Crippen LogP) is 2.11. The van der Waals surface area contributed by atoms with Crippen LogP contribution in [0.5, 0.6) is 0 Å². The minimum absolute atomic E-state index is 0.126. The smallest absolute Gasteiger partial charge is 0.315 e. The number of carbonyl (C=O) groups is 1. The van der Waals surface area contributed by atoms with E-state index in [1.54, 1.807) is 6.92 Å². The van der Waals surface area contributed by atoms with E-state index >= 15 is 0 Å². The zero-order valence-electron chi connectivity index (χ0n) is 14.2. The zero-order valence-corrected chi connectivity index (χ0v) is 14.2. The normalized spacial score (nSPS) is 23.3. The number of nitrogens with one attached hydrogen (secondary N) is 2. The number of hydrogen-bond donors (Lipinski definition) is 3. The van der Waals surface area contributed by atoms with Crippen LogP contribution < -0.4 is 10.6 Å². The van der Waals surface area contributed by atoms with E-state index in [4.69, 9.17) is 0 Å². The minimum atomic E-state index is -0.378. The van der Waals surface area contributed by atoms with E-state index in [1.165, 1.54) is 5.56 Å². The summed E-state index contributed by atoms with van der Waals surface area (Å²) >= 11 is 0. The van der Waals surface area contributed by atoms with Crippen LogP contribution in [-0.4, -0.2) is 47.3 Å². The number of piperidine rings is 1. The average Bonchev–Trinajstić information content (AvgIpc) is 2.50. The van der Waals surface area contributed by atoms with Crippen molar-refractivity contribution in [1.82, 2.24) is 15.5 Å². The highest BCUT2D eigenvalue weighted by atomic mass is 16.3. The van der Waals surface area contributed by atoms with Crippen LogP contribution in [0.4, 0.5) is 4.79 Å². The molecule has 0 bridgehead atoms. The van der Waals surface area contributed by atoms with Gasteiger partial charge in [-0.25, -0.2) is 4.79 Å². The molecule has 1 saturated heterocycles. The molecule has 0 radical (unpaired) electrons. The molecule has 1 aromatic carbocycles. The van der Waals surface area contributed by atoms with Gasteiger partial charge in [-0.15, -0.1) is 0 Å². The summed E-state index contributed by atoms with van der Waals surface area (Å²) in [6.07, 6.45) is 2.15. The third-order valence-electron chi connectivity index (χ3n) is 4.43. The molecule has 23 heavy (non-hydrogen) atoms. The molecule has 3 unspecified atom stereocenters. The van der Waals surface area contributed by atoms with Crippen molar-refractivity contribution in [3.8, 4) is 0 Å². The summed E-state index contributed by atoms with van der Waals surface area (Å²) in [7, 11) is 0. The molecule has 0 saturated carbocycles. The first kappa shape index (κ1) is 17.8. The number of amides is 2. The van der Waals surface area contributed by atoms with Gasteiger partial charge in [0.25, 0.3) is 0 Å². The van der Waals surface area contributed by atoms with Gasteiger partial charge in [0.15, 0.2) is 0 Å².